The van der Waals surface area contributed by atoms with Crippen LogP contribution in [0, 0.1) is 0 Å². The fraction of sp³-hybridized carbons (Fsp3) is 0.529. The third-order valence-corrected chi connectivity index (χ3v) is 5.01. The molecule has 2 aromatic rings. The Balaban J connectivity index is 1.50. The Labute approximate surface area is 140 Å². The van der Waals surface area contributed by atoms with Gasteiger partial charge in [0, 0.05) is 19.7 Å². The molecular formula is C17H21N5O2. The molecule has 2 aliphatic rings. The molecule has 2 aromatic heterocycles. The van der Waals surface area contributed by atoms with Crippen molar-refractivity contribution in [3.8, 4) is 5.82 Å². The Morgan fingerprint density at radius 3 is 2.71 bits per heavy atom. The van der Waals surface area contributed by atoms with E-state index in [1.807, 2.05) is 17.0 Å². The maximum absolute atomic E-state index is 12.9. The second-order valence-corrected chi connectivity index (χ2v) is 6.53. The van der Waals surface area contributed by atoms with Crippen molar-refractivity contribution in [1.29, 1.82) is 0 Å². The number of carbonyl (C=O) groups excluding carboxylic acids is 1. The molecule has 2 saturated heterocycles. The zero-order valence-corrected chi connectivity index (χ0v) is 13.6. The standard InChI is InChI=1S/C17H21N5O2/c23-16(14-4-1-5-15(20-14)22-12-18-19-13-22)21-9-2-6-17(8-10-21)7-3-11-24-17/h1,4-5,12-13H,2-3,6-11H2/t17-/m1/s1. The maximum atomic E-state index is 12.9. The summed E-state index contributed by atoms with van der Waals surface area (Å²) in [5, 5.41) is 7.56. The molecule has 2 fully saturated rings. The molecule has 4 heterocycles. The number of ether oxygens (including phenoxy) is 1. The monoisotopic (exact) mass is 327 g/mol. The van der Waals surface area contributed by atoms with Gasteiger partial charge in [0.1, 0.15) is 24.2 Å². The van der Waals surface area contributed by atoms with E-state index in [0.717, 1.165) is 51.8 Å². The molecule has 126 valence electrons. The lowest BCUT2D eigenvalue weighted by Gasteiger charge is -2.26. The highest BCUT2D eigenvalue weighted by Crippen LogP contribution is 2.35. The molecule has 7 nitrogen and oxygen atoms in total. The van der Waals surface area contributed by atoms with Crippen molar-refractivity contribution in [2.24, 2.45) is 0 Å². The van der Waals surface area contributed by atoms with E-state index in [1.54, 1.807) is 23.3 Å². The Morgan fingerprint density at radius 2 is 1.92 bits per heavy atom. The van der Waals surface area contributed by atoms with E-state index in [2.05, 4.69) is 15.2 Å². The van der Waals surface area contributed by atoms with Gasteiger partial charge in [-0.15, -0.1) is 10.2 Å². The van der Waals surface area contributed by atoms with Crippen molar-refractivity contribution in [2.45, 2.75) is 37.7 Å². The number of aromatic nitrogens is 4. The molecule has 0 bridgehead atoms. The number of rotatable bonds is 2. The molecule has 1 spiro atoms. The Bertz CT molecular complexity index is 710. The summed E-state index contributed by atoms with van der Waals surface area (Å²) in [7, 11) is 0. The van der Waals surface area contributed by atoms with Gasteiger partial charge in [-0.3, -0.25) is 9.36 Å². The lowest BCUT2D eigenvalue weighted by atomic mass is 9.92. The second kappa shape index (κ2) is 6.32. The molecule has 0 saturated carbocycles. The summed E-state index contributed by atoms with van der Waals surface area (Å²) < 4.78 is 7.69. The van der Waals surface area contributed by atoms with Crippen molar-refractivity contribution < 1.29 is 9.53 Å². The SMILES string of the molecule is O=C(c1cccc(-n2cnnc2)n1)N1CCC[C@@]2(CCCO2)CC1. The molecule has 0 aromatic carbocycles. The first-order chi connectivity index (χ1) is 11.8. The number of pyridine rings is 1. The molecule has 2 aliphatic heterocycles. The van der Waals surface area contributed by atoms with Gasteiger partial charge in [0.25, 0.3) is 5.91 Å². The summed E-state index contributed by atoms with van der Waals surface area (Å²) in [6.07, 6.45) is 8.35. The molecule has 7 heteroatoms. The van der Waals surface area contributed by atoms with Crippen LogP contribution in [-0.2, 0) is 4.74 Å². The van der Waals surface area contributed by atoms with Crippen LogP contribution in [-0.4, -0.2) is 55.9 Å². The molecule has 24 heavy (non-hydrogen) atoms. The van der Waals surface area contributed by atoms with Crippen LogP contribution < -0.4 is 0 Å². The molecular weight excluding hydrogens is 306 g/mol. The minimum atomic E-state index is -0.0139. The van der Waals surface area contributed by atoms with E-state index in [4.69, 9.17) is 4.74 Å². The summed E-state index contributed by atoms with van der Waals surface area (Å²) in [4.78, 5) is 19.2. The molecule has 0 aliphatic carbocycles. The van der Waals surface area contributed by atoms with E-state index in [-0.39, 0.29) is 11.5 Å². The molecule has 1 atom stereocenters. The fourth-order valence-corrected chi connectivity index (χ4v) is 3.69. The lowest BCUT2D eigenvalue weighted by Crippen LogP contribution is -2.34. The number of carbonyl (C=O) groups is 1. The van der Waals surface area contributed by atoms with Crippen LogP contribution >= 0.6 is 0 Å². The summed E-state index contributed by atoms with van der Waals surface area (Å²) in [5.74, 6) is 0.635. The fourth-order valence-electron chi connectivity index (χ4n) is 3.69. The molecule has 0 radical (unpaired) electrons. The number of hydrogen-bond acceptors (Lipinski definition) is 5. The zero-order chi connectivity index (χ0) is 16.4. The maximum Gasteiger partial charge on any atom is 0.272 e. The van der Waals surface area contributed by atoms with Gasteiger partial charge in [-0.25, -0.2) is 4.98 Å². The molecule has 1 amide bonds. The zero-order valence-electron chi connectivity index (χ0n) is 13.6. The van der Waals surface area contributed by atoms with Gasteiger partial charge in [-0.2, -0.15) is 0 Å². The number of nitrogens with zero attached hydrogens (tertiary/aromatic N) is 5. The van der Waals surface area contributed by atoms with Crippen molar-refractivity contribution in [1.82, 2.24) is 24.6 Å². The van der Waals surface area contributed by atoms with Crippen molar-refractivity contribution in [3.63, 3.8) is 0 Å². The van der Waals surface area contributed by atoms with E-state index < -0.39 is 0 Å². The third-order valence-electron chi connectivity index (χ3n) is 5.01. The van der Waals surface area contributed by atoms with Crippen LogP contribution in [0.1, 0.15) is 42.6 Å². The Kier molecular flexibility index (Phi) is 4.02. The number of likely N-dealkylation sites (tertiary alicyclic amines) is 1. The highest BCUT2D eigenvalue weighted by Gasteiger charge is 2.37. The number of amides is 1. The summed E-state index contributed by atoms with van der Waals surface area (Å²) in [6.45, 7) is 2.36. The molecule has 4 rings (SSSR count). The average molecular weight is 327 g/mol. The van der Waals surface area contributed by atoms with Gasteiger partial charge in [0.05, 0.1) is 5.60 Å². The summed E-state index contributed by atoms with van der Waals surface area (Å²) in [5.41, 5.74) is 0.469. The summed E-state index contributed by atoms with van der Waals surface area (Å²) >= 11 is 0. The van der Waals surface area contributed by atoms with Gasteiger partial charge in [0.15, 0.2) is 0 Å². The van der Waals surface area contributed by atoms with Gasteiger partial charge in [0.2, 0.25) is 0 Å². The van der Waals surface area contributed by atoms with Crippen LogP contribution in [0.4, 0.5) is 0 Å². The largest absolute Gasteiger partial charge is 0.375 e. The van der Waals surface area contributed by atoms with Crippen LogP contribution in [0.15, 0.2) is 30.9 Å². The number of hydrogen-bond donors (Lipinski definition) is 0. The van der Waals surface area contributed by atoms with Crippen LogP contribution in [0.5, 0.6) is 0 Å². The summed E-state index contributed by atoms with van der Waals surface area (Å²) in [6, 6.07) is 5.45. The van der Waals surface area contributed by atoms with E-state index >= 15 is 0 Å². The first kappa shape index (κ1) is 15.3. The normalized spacial score (nSPS) is 24.2. The van der Waals surface area contributed by atoms with Gasteiger partial charge >= 0.3 is 0 Å². The first-order valence-corrected chi connectivity index (χ1v) is 8.51. The van der Waals surface area contributed by atoms with Crippen LogP contribution in [0.2, 0.25) is 0 Å². The van der Waals surface area contributed by atoms with E-state index in [1.165, 1.54) is 0 Å². The van der Waals surface area contributed by atoms with Crippen molar-refractivity contribution in [2.75, 3.05) is 19.7 Å². The molecule has 0 unspecified atom stereocenters. The second-order valence-electron chi connectivity index (χ2n) is 6.53. The predicted octanol–water partition coefficient (Wildman–Crippen LogP) is 1.84. The van der Waals surface area contributed by atoms with Crippen molar-refractivity contribution in [3.05, 3.63) is 36.5 Å². The minimum Gasteiger partial charge on any atom is -0.375 e. The topological polar surface area (TPSA) is 73.1 Å². The van der Waals surface area contributed by atoms with E-state index in [0.29, 0.717) is 11.5 Å². The molecule has 0 N–H and O–H groups in total. The Hall–Kier alpha value is -2.28. The van der Waals surface area contributed by atoms with Gasteiger partial charge < -0.3 is 9.64 Å². The quantitative estimate of drug-likeness (QED) is 0.841. The highest BCUT2D eigenvalue weighted by molar-refractivity contribution is 5.92. The average Bonchev–Trinajstić information content (AvgIpc) is 3.25. The van der Waals surface area contributed by atoms with E-state index in [9.17, 15) is 4.79 Å². The highest BCUT2D eigenvalue weighted by atomic mass is 16.5. The smallest absolute Gasteiger partial charge is 0.272 e. The first-order valence-electron chi connectivity index (χ1n) is 8.51. The van der Waals surface area contributed by atoms with Gasteiger partial charge in [-0.1, -0.05) is 6.07 Å². The Morgan fingerprint density at radius 1 is 1.08 bits per heavy atom. The predicted molar refractivity (Wildman–Crippen MR) is 86.8 cm³/mol. The third kappa shape index (κ3) is 2.91. The van der Waals surface area contributed by atoms with Crippen molar-refractivity contribution >= 4 is 5.91 Å². The van der Waals surface area contributed by atoms with Crippen LogP contribution in [0.25, 0.3) is 5.82 Å². The lowest BCUT2D eigenvalue weighted by molar-refractivity contribution is -0.00693. The van der Waals surface area contributed by atoms with Crippen LogP contribution in [0.3, 0.4) is 0 Å². The minimum absolute atomic E-state index is 0.00673. The van der Waals surface area contributed by atoms with Gasteiger partial charge in [-0.05, 0) is 44.2 Å².